The van der Waals surface area contributed by atoms with Crippen LogP contribution in [0.2, 0.25) is 0 Å². The number of H-pyrrole nitrogens is 1. The maximum absolute atomic E-state index is 14.3. The number of carbonyl (C=O) groups excluding carboxylic acids is 6. The highest BCUT2D eigenvalue weighted by molar-refractivity contribution is 6.31. The van der Waals surface area contributed by atoms with Crippen molar-refractivity contribution in [1.82, 2.24) is 51.9 Å². The Hall–Kier alpha value is -11.0. The molecule has 594 valence electrons. The molecule has 40 nitrogen and oxygen atoms in total. The third-order valence-corrected chi connectivity index (χ3v) is 19.0. The summed E-state index contributed by atoms with van der Waals surface area (Å²) in [6.45, 7) is 1.04. The second-order valence-electron chi connectivity index (χ2n) is 26.3. The fourth-order valence-corrected chi connectivity index (χ4v) is 13.2. The summed E-state index contributed by atoms with van der Waals surface area (Å²) in [5.74, 6) is -7.57. The molecule has 0 saturated carbocycles. The molecule has 5 heterocycles. The minimum Gasteiger partial charge on any atom is -0.507 e. The van der Waals surface area contributed by atoms with Crippen LogP contribution >= 0.6 is 0 Å². The Morgan fingerprint density at radius 2 is 1.58 bits per heavy atom. The number of aromatic amines is 1. The van der Waals surface area contributed by atoms with Gasteiger partial charge in [-0.25, -0.2) is 14.8 Å². The average molecular weight is 1550 g/mol. The number of anilines is 2. The van der Waals surface area contributed by atoms with Gasteiger partial charge in [-0.05, 0) is 79.4 Å². The Kier molecular flexibility index (Phi) is 26.8. The number of aromatic hydroxyl groups is 2. The summed E-state index contributed by atoms with van der Waals surface area (Å²) in [7, 11) is 1.29. The molecule has 0 spiro atoms. The van der Waals surface area contributed by atoms with Gasteiger partial charge in [-0.15, -0.1) is 10.4 Å². The number of rotatable bonds is 35. The van der Waals surface area contributed by atoms with Crippen LogP contribution in [0.3, 0.4) is 0 Å². The van der Waals surface area contributed by atoms with Crippen molar-refractivity contribution in [2.24, 2.45) is 11.1 Å². The van der Waals surface area contributed by atoms with Gasteiger partial charge in [0.15, 0.2) is 34.8 Å². The largest absolute Gasteiger partial charge is 0.507 e. The summed E-state index contributed by atoms with van der Waals surface area (Å²) in [4.78, 5) is 133. The number of phenolic OH excluding ortho intramolecular Hbond substituents is 2. The number of amides is 3. The van der Waals surface area contributed by atoms with Crippen molar-refractivity contribution >= 4 is 69.7 Å². The first-order chi connectivity index (χ1) is 53.4. The zero-order valence-electron chi connectivity index (χ0n) is 59.6. The maximum atomic E-state index is 14.3. The topological polar surface area (TPSA) is 587 Å². The molecule has 3 aliphatic heterocycles. The van der Waals surface area contributed by atoms with Crippen LogP contribution in [0.25, 0.3) is 11.2 Å². The summed E-state index contributed by atoms with van der Waals surface area (Å²) in [5, 5.41) is 112. The highest BCUT2D eigenvalue weighted by atomic mass is 16.7. The van der Waals surface area contributed by atoms with Crippen LogP contribution in [0.15, 0.2) is 88.7 Å². The molecule has 3 amide bonds. The van der Waals surface area contributed by atoms with E-state index >= 15 is 0 Å². The molecule has 40 heteroatoms. The normalized spacial score (nSPS) is 22.5. The van der Waals surface area contributed by atoms with Crippen molar-refractivity contribution < 1.29 is 122 Å². The van der Waals surface area contributed by atoms with E-state index in [1.54, 1.807) is 23.3 Å². The smallest absolute Gasteiger partial charge is 0.408 e. The molecule has 2 aromatic heterocycles. The monoisotopic (exact) mass is 1550 g/mol. The molecule has 18 N–H and O–H groups in total. The average Bonchev–Trinajstić information content (AvgIpc) is 0.877. The van der Waals surface area contributed by atoms with E-state index < -0.39 is 174 Å². The van der Waals surface area contributed by atoms with Gasteiger partial charge < -0.3 is 121 Å². The number of carboxylic acids is 1. The van der Waals surface area contributed by atoms with Gasteiger partial charge in [0.25, 0.3) is 11.5 Å². The fraction of sp³-hybridized carbons (Fsp3) is 0.451. The Morgan fingerprint density at radius 3 is 2.30 bits per heavy atom. The number of alkyl carbamates (subject to hydrolysis) is 1. The van der Waals surface area contributed by atoms with Gasteiger partial charge in [0.2, 0.25) is 23.9 Å². The van der Waals surface area contributed by atoms with Crippen molar-refractivity contribution in [3.05, 3.63) is 144 Å². The van der Waals surface area contributed by atoms with E-state index in [9.17, 15) is 89.2 Å². The standard InChI is InChI=1S/C71H83N13O27/c1-32-57(90)43(26-51(107-32)108-48-24-35(44(87)30-85)22-40-53(48)62(95)55-54(59(40)92)58(91)39-4-3-5-46(103-2)52(39)61(55)94)78-71(101)111-47(34-8-12-45(42(23-34)82-102)109-69-64(97)63(96)60(93)49(31-86)110-69)25-37-29-84(83-81-37)15-17-105-19-21-106-20-18-104-16-14-73-67(99)41(11-13-50(88)89)77-66(98)33-6-9-36(10-7-33)74-27-38-28-75-65-56(76-38)68(100)80-70(72)79-65/h3-10,12,23,28-29,32,35,41,43,47-49,51,57,60,63-64,69,74,81,83,85-86,90,92-93,95-97H,11,13-22,24-27,30-31H2,1-2H3,(H,73,99)(H,77,98)(H,78,101)(H,88,89)(H3,72,75,79,80,100)/t32?,35?,41-,43?,47+,48-,49?,51?,57?,60-,63?,64-,69+/m0/s1. The Balaban J connectivity index is 0.664. The number of aliphatic hydroxyl groups excluding tert-OH is 6. The lowest BCUT2D eigenvalue weighted by Gasteiger charge is -2.41. The zero-order chi connectivity index (χ0) is 79.3. The number of nitrogen functional groups attached to an aromatic ring is 1. The fourth-order valence-electron chi connectivity index (χ4n) is 13.2. The van der Waals surface area contributed by atoms with E-state index in [1.807, 2.05) is 0 Å². The van der Waals surface area contributed by atoms with Crippen molar-refractivity contribution in [2.45, 2.75) is 125 Å². The summed E-state index contributed by atoms with van der Waals surface area (Å²) >= 11 is 0. The second-order valence-corrected chi connectivity index (χ2v) is 26.3. The summed E-state index contributed by atoms with van der Waals surface area (Å²) < 4.78 is 52.2. The number of nitrogens with zero attached hydrogens (tertiary/aromatic N) is 5. The first kappa shape index (κ1) is 81.0. The second kappa shape index (κ2) is 36.7. The van der Waals surface area contributed by atoms with E-state index in [0.717, 1.165) is 0 Å². The number of nitroso groups, excluding NO2 is 1. The minimum absolute atomic E-state index is 0.0126. The number of aromatic nitrogens is 4. The molecular formula is C71H83N13O27. The molecule has 7 unspecified atom stereocenters. The van der Waals surface area contributed by atoms with Crippen LogP contribution in [0.4, 0.5) is 22.1 Å². The lowest BCUT2D eigenvalue weighted by atomic mass is 9.73. The van der Waals surface area contributed by atoms with E-state index in [0.29, 0.717) is 17.1 Å². The molecule has 0 bridgehead atoms. The molecule has 11 rings (SSSR count). The maximum Gasteiger partial charge on any atom is 0.408 e. The highest BCUT2D eigenvalue weighted by Gasteiger charge is 2.48. The number of carboxylic acid groups (broad SMARTS) is 1. The number of aliphatic carboxylic acids is 1. The Labute approximate surface area is 629 Å². The SMILES string of the molecule is COc1cccc2c1C(=O)c1c(O)c3c(c(O)c1C2=O)CC(C(=O)CO)C[C@@H]3OC1CC(NC(=O)O[C@H](CC2=CN(CCOCCOCCOCCNC(=O)[C@H](CCC(=O)O)NC(=O)c3ccc(NCc4cnc5nc(N)[nH]c(=O)c5n4)cc3)NN2)c2ccc(O[C@@H]3OC(CO)[C@H](O)C(O)[C@@H]3O)c(N=O)c2)C(O)C(C)O1. The molecule has 2 saturated heterocycles. The number of methoxy groups -OCH3 is 1. The van der Waals surface area contributed by atoms with Crippen LogP contribution in [-0.2, 0) is 60.5 Å². The van der Waals surface area contributed by atoms with Crippen LogP contribution in [0.5, 0.6) is 23.0 Å². The molecule has 111 heavy (non-hydrogen) atoms. The van der Waals surface area contributed by atoms with Crippen molar-refractivity contribution in [3.63, 3.8) is 0 Å². The Bertz CT molecular complexity index is 4530. The van der Waals surface area contributed by atoms with Crippen LogP contribution < -0.4 is 53.0 Å². The number of hydrogen-bond donors (Lipinski definition) is 17. The number of hydrazine groups is 2. The number of carbonyl (C=O) groups is 7. The molecule has 4 aromatic carbocycles. The van der Waals surface area contributed by atoms with Gasteiger partial charge in [0.05, 0.1) is 113 Å². The number of Topliss-reactive ketones (excluding diaryl/α,β-unsaturated/α-hetero) is 1. The van der Waals surface area contributed by atoms with E-state index in [4.69, 9.17) is 48.4 Å². The molecule has 0 radical (unpaired) electrons. The number of nitrogens with one attached hydrogen (secondary N) is 7. The summed E-state index contributed by atoms with van der Waals surface area (Å²) in [5.41, 5.74) is 10.9. The number of ketones is 3. The van der Waals surface area contributed by atoms with Crippen molar-refractivity contribution in [2.75, 3.05) is 84.1 Å². The van der Waals surface area contributed by atoms with Crippen LogP contribution in [0, 0.1) is 10.8 Å². The van der Waals surface area contributed by atoms with Gasteiger partial charge in [-0.2, -0.15) is 4.98 Å². The number of benzene rings is 4. The lowest BCUT2D eigenvalue weighted by Crippen LogP contribution is -2.60. The van der Waals surface area contributed by atoms with Crippen molar-refractivity contribution in [1.29, 1.82) is 0 Å². The Morgan fingerprint density at radius 1 is 0.838 bits per heavy atom. The first-order valence-electron chi connectivity index (χ1n) is 35.2. The van der Waals surface area contributed by atoms with Gasteiger partial charge in [-0.3, -0.25) is 43.6 Å². The predicted molar refractivity (Wildman–Crippen MR) is 380 cm³/mol. The number of hydrogen-bond acceptors (Lipinski definition) is 35. The quantitative estimate of drug-likeness (QED) is 0.0136. The zero-order valence-corrected chi connectivity index (χ0v) is 59.6. The van der Waals surface area contributed by atoms with Gasteiger partial charge >= 0.3 is 12.1 Å². The number of fused-ring (bicyclic) bond motifs is 4. The van der Waals surface area contributed by atoms with E-state index in [-0.39, 0.29) is 153 Å². The van der Waals surface area contributed by atoms with E-state index in [1.165, 1.54) is 68.8 Å². The molecule has 2 aliphatic carbocycles. The number of aliphatic hydroxyl groups is 6. The summed E-state index contributed by atoms with van der Waals surface area (Å²) in [6, 6.07) is 11.9. The lowest BCUT2D eigenvalue weighted by molar-refractivity contribution is -0.277. The third-order valence-electron chi connectivity index (χ3n) is 19.0. The van der Waals surface area contributed by atoms with Crippen molar-refractivity contribution in [3.8, 4) is 23.0 Å². The van der Waals surface area contributed by atoms with Crippen LogP contribution in [0.1, 0.15) is 116 Å². The molecular weight excluding hydrogens is 1470 g/mol. The number of nitrogens with two attached hydrogens (primary N) is 1. The van der Waals surface area contributed by atoms with Gasteiger partial charge in [0.1, 0.15) is 72.2 Å². The van der Waals surface area contributed by atoms with Crippen LogP contribution in [-0.4, -0.2) is 246 Å². The predicted octanol–water partition coefficient (Wildman–Crippen LogP) is -0.422. The molecule has 13 atom stereocenters. The number of phenols is 2. The number of ether oxygens (including phenoxy) is 9. The molecule has 5 aliphatic rings. The van der Waals surface area contributed by atoms with E-state index in [2.05, 4.69) is 57.3 Å². The molecule has 6 aromatic rings. The minimum atomic E-state index is -1.86. The first-order valence-corrected chi connectivity index (χ1v) is 35.2. The highest BCUT2D eigenvalue weighted by Crippen LogP contribution is 2.52. The van der Waals surface area contributed by atoms with Gasteiger partial charge in [0, 0.05) is 71.6 Å². The van der Waals surface area contributed by atoms with Gasteiger partial charge in [-0.1, -0.05) is 18.2 Å². The third kappa shape index (κ3) is 19.1. The summed E-state index contributed by atoms with van der Waals surface area (Å²) in [6.07, 6.45) is -14.8. The molecule has 2 fully saturated rings.